The first-order valence-corrected chi connectivity index (χ1v) is 8.24. The Morgan fingerprint density at radius 3 is 2.64 bits per heavy atom. The molecular weight excluding hydrogens is 388 g/mol. The van der Waals surface area contributed by atoms with Gasteiger partial charge in [-0.25, -0.2) is 4.79 Å². The van der Waals surface area contributed by atoms with E-state index in [-0.39, 0.29) is 23.7 Å². The monoisotopic (exact) mass is 402 g/mol. The number of halogens is 1. The lowest BCUT2D eigenvalue weighted by Crippen LogP contribution is -2.30. The molecule has 1 aliphatic heterocycles. The Balaban J connectivity index is 1.87. The van der Waals surface area contributed by atoms with Gasteiger partial charge in [-0.1, -0.05) is 30.3 Å². The predicted molar refractivity (Wildman–Crippen MR) is 95.9 cm³/mol. The Morgan fingerprint density at radius 1 is 1.24 bits per heavy atom. The van der Waals surface area contributed by atoms with Gasteiger partial charge >= 0.3 is 6.03 Å². The molecule has 2 aromatic carbocycles. The van der Waals surface area contributed by atoms with Crippen molar-refractivity contribution < 1.29 is 19.4 Å². The summed E-state index contributed by atoms with van der Waals surface area (Å²) in [7, 11) is 1.43. The smallest absolute Gasteiger partial charge is 0.329 e. The highest BCUT2D eigenvalue weighted by molar-refractivity contribution is 9.10. The molecule has 0 aromatic heterocycles. The van der Waals surface area contributed by atoms with Gasteiger partial charge in [-0.05, 0) is 45.3 Å². The third-order valence-electron chi connectivity index (χ3n) is 3.73. The van der Waals surface area contributed by atoms with Crippen molar-refractivity contribution in [2.75, 3.05) is 7.11 Å². The average Bonchev–Trinajstić information content (AvgIpc) is 2.86. The van der Waals surface area contributed by atoms with Crippen LogP contribution in [0.4, 0.5) is 4.79 Å². The number of nitrogens with one attached hydrogen (secondary N) is 1. The summed E-state index contributed by atoms with van der Waals surface area (Å²) < 4.78 is 5.51. The standard InChI is InChI=1S/C18H15BrN2O4/c1-25-15-9-12(7-13(19)16(15)22)8-14-17(23)21(18(24)20-14)10-11-5-3-2-4-6-11/h2-9,22H,10H2,1H3,(H,20,24)/b14-8+. The number of nitrogens with zero attached hydrogens (tertiary/aromatic N) is 1. The highest BCUT2D eigenvalue weighted by Crippen LogP contribution is 2.36. The van der Waals surface area contributed by atoms with E-state index in [1.807, 2.05) is 30.3 Å². The lowest BCUT2D eigenvalue weighted by atomic mass is 10.1. The summed E-state index contributed by atoms with van der Waals surface area (Å²) >= 11 is 3.23. The quantitative estimate of drug-likeness (QED) is 0.607. The average molecular weight is 403 g/mol. The second-order valence-corrected chi connectivity index (χ2v) is 6.27. The number of urea groups is 1. The number of hydrogen-bond donors (Lipinski definition) is 2. The van der Waals surface area contributed by atoms with Crippen molar-refractivity contribution in [2.24, 2.45) is 0 Å². The normalized spacial score (nSPS) is 15.6. The number of carbonyl (C=O) groups is 2. The Hall–Kier alpha value is -2.80. The van der Waals surface area contributed by atoms with Crippen LogP contribution in [0.2, 0.25) is 0 Å². The lowest BCUT2D eigenvalue weighted by Gasteiger charge is -2.11. The van der Waals surface area contributed by atoms with Crippen LogP contribution in [0.5, 0.6) is 11.5 Å². The second-order valence-electron chi connectivity index (χ2n) is 5.42. The van der Waals surface area contributed by atoms with Crippen molar-refractivity contribution in [3.63, 3.8) is 0 Å². The zero-order valence-electron chi connectivity index (χ0n) is 13.3. The number of benzene rings is 2. The molecule has 1 heterocycles. The predicted octanol–water partition coefficient (Wildman–Crippen LogP) is 3.26. The molecule has 7 heteroatoms. The molecule has 0 spiro atoms. The van der Waals surface area contributed by atoms with E-state index in [4.69, 9.17) is 4.74 Å². The number of aromatic hydroxyl groups is 1. The highest BCUT2D eigenvalue weighted by Gasteiger charge is 2.33. The lowest BCUT2D eigenvalue weighted by molar-refractivity contribution is -0.123. The van der Waals surface area contributed by atoms with Crippen LogP contribution >= 0.6 is 15.9 Å². The first kappa shape index (κ1) is 17.0. The van der Waals surface area contributed by atoms with E-state index >= 15 is 0 Å². The van der Waals surface area contributed by atoms with Crippen molar-refractivity contribution in [1.82, 2.24) is 10.2 Å². The van der Waals surface area contributed by atoms with Crippen LogP contribution in [0.3, 0.4) is 0 Å². The Bertz CT molecular complexity index is 865. The summed E-state index contributed by atoms with van der Waals surface area (Å²) in [6.45, 7) is 0.200. The third kappa shape index (κ3) is 3.51. The molecule has 1 aliphatic rings. The van der Waals surface area contributed by atoms with E-state index < -0.39 is 11.9 Å². The maximum absolute atomic E-state index is 12.5. The minimum Gasteiger partial charge on any atom is -0.503 e. The van der Waals surface area contributed by atoms with E-state index in [1.165, 1.54) is 13.2 Å². The zero-order chi connectivity index (χ0) is 18.0. The van der Waals surface area contributed by atoms with Gasteiger partial charge in [0.25, 0.3) is 5.91 Å². The van der Waals surface area contributed by atoms with Crippen LogP contribution in [0.1, 0.15) is 11.1 Å². The van der Waals surface area contributed by atoms with E-state index in [0.717, 1.165) is 10.5 Å². The molecule has 3 amide bonds. The molecule has 0 radical (unpaired) electrons. The number of hydrogen-bond acceptors (Lipinski definition) is 4. The zero-order valence-corrected chi connectivity index (χ0v) is 14.9. The van der Waals surface area contributed by atoms with Crippen LogP contribution in [0.25, 0.3) is 6.08 Å². The van der Waals surface area contributed by atoms with E-state index in [0.29, 0.717) is 10.0 Å². The molecule has 0 aliphatic carbocycles. The molecule has 0 bridgehead atoms. The summed E-state index contributed by atoms with van der Waals surface area (Å²) in [5, 5.41) is 12.4. The van der Waals surface area contributed by atoms with Gasteiger partial charge in [0.1, 0.15) is 5.70 Å². The number of imide groups is 1. The molecule has 6 nitrogen and oxygen atoms in total. The van der Waals surface area contributed by atoms with E-state index in [1.54, 1.807) is 12.1 Å². The Morgan fingerprint density at radius 2 is 1.96 bits per heavy atom. The van der Waals surface area contributed by atoms with Gasteiger partial charge < -0.3 is 15.2 Å². The van der Waals surface area contributed by atoms with Gasteiger partial charge in [0.05, 0.1) is 18.1 Å². The molecule has 0 saturated carbocycles. The second kappa shape index (κ2) is 6.98. The first-order valence-electron chi connectivity index (χ1n) is 7.44. The Kier molecular flexibility index (Phi) is 4.76. The topological polar surface area (TPSA) is 78.9 Å². The minimum atomic E-state index is -0.468. The van der Waals surface area contributed by atoms with Gasteiger partial charge in [-0.15, -0.1) is 0 Å². The number of amides is 3. The molecule has 2 aromatic rings. The van der Waals surface area contributed by atoms with Gasteiger partial charge in [0.15, 0.2) is 11.5 Å². The van der Waals surface area contributed by atoms with Crippen LogP contribution in [-0.2, 0) is 11.3 Å². The van der Waals surface area contributed by atoms with Crippen LogP contribution in [0, 0.1) is 0 Å². The first-order chi connectivity index (χ1) is 12.0. The van der Waals surface area contributed by atoms with Gasteiger partial charge in [-0.3, -0.25) is 9.69 Å². The highest BCUT2D eigenvalue weighted by atomic mass is 79.9. The van der Waals surface area contributed by atoms with Crippen molar-refractivity contribution in [2.45, 2.75) is 6.54 Å². The maximum atomic E-state index is 12.5. The summed E-state index contributed by atoms with van der Waals surface area (Å²) in [5.41, 5.74) is 1.63. The van der Waals surface area contributed by atoms with Crippen molar-refractivity contribution in [1.29, 1.82) is 0 Å². The molecule has 3 rings (SSSR count). The molecule has 25 heavy (non-hydrogen) atoms. The molecular formula is C18H15BrN2O4. The number of phenolic OH excluding ortho intramolecular Hbond substituents is 1. The van der Waals surface area contributed by atoms with Gasteiger partial charge in [0.2, 0.25) is 0 Å². The fourth-order valence-electron chi connectivity index (χ4n) is 2.48. The largest absolute Gasteiger partial charge is 0.503 e. The van der Waals surface area contributed by atoms with Gasteiger partial charge in [-0.2, -0.15) is 0 Å². The number of methoxy groups -OCH3 is 1. The maximum Gasteiger partial charge on any atom is 0.329 e. The number of carbonyl (C=O) groups excluding carboxylic acids is 2. The molecule has 2 N–H and O–H groups in total. The summed E-state index contributed by atoms with van der Waals surface area (Å²) in [4.78, 5) is 25.8. The molecule has 1 saturated heterocycles. The number of rotatable bonds is 4. The molecule has 0 unspecified atom stereocenters. The van der Waals surface area contributed by atoms with Gasteiger partial charge in [0, 0.05) is 0 Å². The van der Waals surface area contributed by atoms with E-state index in [2.05, 4.69) is 21.2 Å². The molecule has 0 atom stereocenters. The number of phenols is 1. The van der Waals surface area contributed by atoms with Crippen molar-refractivity contribution >= 4 is 33.9 Å². The SMILES string of the molecule is COc1cc(/C=C2/NC(=O)N(Cc3ccccc3)C2=O)cc(Br)c1O. The number of ether oxygens (including phenoxy) is 1. The summed E-state index contributed by atoms with van der Waals surface area (Å²) in [6, 6.07) is 12.0. The third-order valence-corrected chi connectivity index (χ3v) is 4.33. The van der Waals surface area contributed by atoms with Crippen molar-refractivity contribution in [3.05, 3.63) is 63.8 Å². The summed E-state index contributed by atoms with van der Waals surface area (Å²) in [6.07, 6.45) is 1.54. The Labute approximate surface area is 152 Å². The fraction of sp³-hybridized carbons (Fsp3) is 0.111. The minimum absolute atomic E-state index is 0.0304. The van der Waals surface area contributed by atoms with Crippen molar-refractivity contribution in [3.8, 4) is 11.5 Å². The van der Waals surface area contributed by atoms with Crippen LogP contribution < -0.4 is 10.1 Å². The van der Waals surface area contributed by atoms with Crippen LogP contribution in [-0.4, -0.2) is 29.1 Å². The molecule has 128 valence electrons. The fourth-order valence-corrected chi connectivity index (χ4v) is 2.94. The van der Waals surface area contributed by atoms with E-state index in [9.17, 15) is 14.7 Å². The summed E-state index contributed by atoms with van der Waals surface area (Å²) in [5.74, 6) is -0.173. The molecule has 1 fully saturated rings. The van der Waals surface area contributed by atoms with Crippen LogP contribution in [0.15, 0.2) is 52.6 Å².